The normalized spacial score (nSPS) is 18.5. The molecule has 134 valence electrons. The van der Waals surface area contributed by atoms with Crippen LogP contribution < -0.4 is 5.43 Å². The summed E-state index contributed by atoms with van der Waals surface area (Å²) in [5.41, 5.74) is 5.54. The number of amides is 1. The van der Waals surface area contributed by atoms with Crippen LogP contribution in [0.1, 0.15) is 37.4 Å². The van der Waals surface area contributed by atoms with Crippen molar-refractivity contribution in [3.05, 3.63) is 53.6 Å². The minimum atomic E-state index is -0.353. The predicted octanol–water partition coefficient (Wildman–Crippen LogP) is 3.80. The van der Waals surface area contributed by atoms with Crippen molar-refractivity contribution in [3.8, 4) is 11.5 Å². The Balaban J connectivity index is 1.73. The maximum Gasteiger partial charge on any atom is 0.240 e. The van der Waals surface area contributed by atoms with Crippen LogP contribution in [0.2, 0.25) is 0 Å². The van der Waals surface area contributed by atoms with Gasteiger partial charge >= 0.3 is 0 Å². The summed E-state index contributed by atoms with van der Waals surface area (Å²) < 4.78 is 0. The summed E-state index contributed by atoms with van der Waals surface area (Å²) in [7, 11) is 0. The van der Waals surface area contributed by atoms with E-state index in [0.717, 1.165) is 11.3 Å². The van der Waals surface area contributed by atoms with Crippen molar-refractivity contribution in [1.29, 1.82) is 0 Å². The van der Waals surface area contributed by atoms with Gasteiger partial charge in [0.25, 0.3) is 0 Å². The van der Waals surface area contributed by atoms with Crippen LogP contribution in [0.15, 0.2) is 57.8 Å². The van der Waals surface area contributed by atoms with E-state index in [4.69, 9.17) is 0 Å². The molecule has 1 aliphatic heterocycles. The van der Waals surface area contributed by atoms with Gasteiger partial charge in [-0.05, 0) is 36.8 Å². The molecule has 3 N–H and O–H groups in total. The molecular weight excluding hydrogens is 332 g/mol. The first-order chi connectivity index (χ1) is 12.4. The molecule has 0 aromatic heterocycles. The first-order valence-corrected chi connectivity index (χ1v) is 8.33. The number of nitrogens with one attached hydrogen (secondary N) is 1. The van der Waals surface area contributed by atoms with Gasteiger partial charge in [-0.2, -0.15) is 15.3 Å². The Hall–Kier alpha value is -3.22. The van der Waals surface area contributed by atoms with E-state index in [-0.39, 0.29) is 29.4 Å². The zero-order chi connectivity index (χ0) is 18.7. The molecule has 0 saturated carbocycles. The number of aromatic hydroxyl groups is 2. The first-order valence-electron chi connectivity index (χ1n) is 8.33. The fourth-order valence-corrected chi connectivity index (χ4v) is 2.80. The molecule has 1 heterocycles. The van der Waals surface area contributed by atoms with E-state index < -0.39 is 0 Å². The Labute approximate surface area is 151 Å². The van der Waals surface area contributed by atoms with E-state index in [1.165, 1.54) is 12.1 Å². The lowest BCUT2D eigenvalue weighted by atomic mass is 9.94. The number of benzene rings is 2. The lowest BCUT2D eigenvalue weighted by Gasteiger charge is -2.19. The Morgan fingerprint density at radius 3 is 2.58 bits per heavy atom. The van der Waals surface area contributed by atoms with Gasteiger partial charge in [0.05, 0.1) is 17.4 Å². The smallest absolute Gasteiger partial charge is 0.240 e. The van der Waals surface area contributed by atoms with E-state index in [1.54, 1.807) is 6.07 Å². The first kappa shape index (κ1) is 17.6. The molecule has 7 heteroatoms. The topological polar surface area (TPSA) is 107 Å². The quantitative estimate of drug-likeness (QED) is 0.728. The number of rotatable bonds is 4. The van der Waals surface area contributed by atoms with Crippen LogP contribution in [-0.2, 0) is 4.79 Å². The average Bonchev–Trinajstić information content (AvgIpc) is 2.60. The highest BCUT2D eigenvalue weighted by Crippen LogP contribution is 2.30. The van der Waals surface area contributed by atoms with Crippen LogP contribution in [0.4, 0.5) is 5.69 Å². The zero-order valence-corrected chi connectivity index (χ0v) is 14.5. The largest absolute Gasteiger partial charge is 0.508 e. The molecule has 0 aliphatic carbocycles. The molecule has 7 nitrogen and oxygen atoms in total. The average molecular weight is 352 g/mol. The molecule has 1 aliphatic rings. The minimum Gasteiger partial charge on any atom is -0.508 e. The Bertz CT molecular complexity index is 875. The fraction of sp³-hybridized carbons (Fsp3) is 0.263. The molecule has 2 atom stereocenters. The van der Waals surface area contributed by atoms with Crippen molar-refractivity contribution in [1.82, 2.24) is 5.43 Å². The lowest BCUT2D eigenvalue weighted by Crippen LogP contribution is -2.31. The number of nitrogens with zero attached hydrogens (tertiary/aromatic N) is 3. The summed E-state index contributed by atoms with van der Waals surface area (Å²) in [5.74, 6) is -0.0213. The molecule has 3 rings (SSSR count). The van der Waals surface area contributed by atoms with Crippen LogP contribution >= 0.6 is 0 Å². The van der Waals surface area contributed by atoms with Crippen molar-refractivity contribution in [3.63, 3.8) is 0 Å². The van der Waals surface area contributed by atoms with Gasteiger partial charge < -0.3 is 10.2 Å². The number of carbonyl (C=O) groups is 1. The van der Waals surface area contributed by atoms with Crippen molar-refractivity contribution in [2.75, 3.05) is 0 Å². The van der Waals surface area contributed by atoms with Gasteiger partial charge in [-0.15, -0.1) is 0 Å². The van der Waals surface area contributed by atoms with Crippen LogP contribution in [0.3, 0.4) is 0 Å². The number of hydrazone groups is 1. The molecule has 0 radical (unpaired) electrons. The van der Waals surface area contributed by atoms with Crippen LogP contribution in [0.25, 0.3) is 0 Å². The van der Waals surface area contributed by atoms with E-state index in [9.17, 15) is 15.0 Å². The van der Waals surface area contributed by atoms with Crippen molar-refractivity contribution in [2.24, 2.45) is 21.2 Å². The summed E-state index contributed by atoms with van der Waals surface area (Å²) in [6, 6.07) is 11.5. The molecule has 0 saturated heterocycles. The van der Waals surface area contributed by atoms with E-state index in [1.807, 2.05) is 38.1 Å². The lowest BCUT2D eigenvalue weighted by molar-refractivity contribution is -0.121. The van der Waals surface area contributed by atoms with Gasteiger partial charge in [0.1, 0.15) is 11.5 Å². The van der Waals surface area contributed by atoms with E-state index in [2.05, 4.69) is 20.8 Å². The van der Waals surface area contributed by atoms with E-state index in [0.29, 0.717) is 17.7 Å². The minimum absolute atomic E-state index is 0.00187. The molecule has 2 aromatic rings. The van der Waals surface area contributed by atoms with Gasteiger partial charge in [-0.3, -0.25) is 4.79 Å². The molecule has 1 amide bonds. The highest BCUT2D eigenvalue weighted by molar-refractivity contribution is 6.05. The van der Waals surface area contributed by atoms with Crippen molar-refractivity contribution < 1.29 is 15.0 Å². The third-order valence-corrected chi connectivity index (χ3v) is 4.23. The molecule has 0 spiro atoms. The summed E-state index contributed by atoms with van der Waals surface area (Å²) in [5, 5.41) is 31.8. The summed E-state index contributed by atoms with van der Waals surface area (Å²) in [4.78, 5) is 11.3. The summed E-state index contributed by atoms with van der Waals surface area (Å²) in [6.07, 6.45) is 0.425. The van der Waals surface area contributed by atoms with E-state index >= 15 is 0 Å². The third-order valence-electron chi connectivity index (χ3n) is 4.23. The third kappa shape index (κ3) is 3.88. The van der Waals surface area contributed by atoms with Crippen LogP contribution in [0.5, 0.6) is 11.5 Å². The summed E-state index contributed by atoms with van der Waals surface area (Å²) in [6.45, 7) is 3.78. The highest BCUT2D eigenvalue weighted by Gasteiger charge is 2.21. The SMILES string of the molecule is CC1CC(=O)NN=C1c1ccc(N=NC(C)c2ccc(O)cc2O)cc1. The number of hydrogen-bond acceptors (Lipinski definition) is 6. The van der Waals surface area contributed by atoms with Gasteiger partial charge in [-0.25, -0.2) is 5.43 Å². The highest BCUT2D eigenvalue weighted by atomic mass is 16.3. The molecule has 2 unspecified atom stereocenters. The number of phenols is 2. The fourth-order valence-electron chi connectivity index (χ4n) is 2.80. The Kier molecular flexibility index (Phi) is 4.97. The Morgan fingerprint density at radius 1 is 1.19 bits per heavy atom. The van der Waals surface area contributed by atoms with Crippen LogP contribution in [0, 0.1) is 5.92 Å². The van der Waals surface area contributed by atoms with Crippen LogP contribution in [-0.4, -0.2) is 21.8 Å². The number of azo groups is 1. The Morgan fingerprint density at radius 2 is 1.92 bits per heavy atom. The maximum absolute atomic E-state index is 11.3. The van der Waals surface area contributed by atoms with Gasteiger partial charge in [-0.1, -0.05) is 19.1 Å². The molecular formula is C19H20N4O3. The number of phenolic OH excluding ortho intramolecular Hbond substituents is 2. The van der Waals surface area contributed by atoms with Crippen molar-refractivity contribution >= 4 is 17.3 Å². The zero-order valence-electron chi connectivity index (χ0n) is 14.5. The predicted molar refractivity (Wildman–Crippen MR) is 97.6 cm³/mol. The number of hydrogen-bond donors (Lipinski definition) is 3. The molecule has 0 fully saturated rings. The molecule has 26 heavy (non-hydrogen) atoms. The van der Waals surface area contributed by atoms with Gasteiger partial charge in [0, 0.05) is 24.0 Å². The molecule has 2 aromatic carbocycles. The standard InChI is InChI=1S/C19H20N4O3/c1-11-9-18(26)22-23-19(11)13-3-5-14(6-4-13)21-20-12(2)16-8-7-15(24)10-17(16)25/h3-8,10-12,24-25H,9H2,1-2H3,(H,22,26). The van der Waals surface area contributed by atoms with Gasteiger partial charge in [0.2, 0.25) is 5.91 Å². The second kappa shape index (κ2) is 7.35. The van der Waals surface area contributed by atoms with Crippen molar-refractivity contribution in [2.45, 2.75) is 26.3 Å². The second-order valence-electron chi connectivity index (χ2n) is 6.32. The number of carbonyl (C=O) groups excluding carboxylic acids is 1. The maximum atomic E-state index is 11.3. The summed E-state index contributed by atoms with van der Waals surface area (Å²) >= 11 is 0. The second-order valence-corrected chi connectivity index (χ2v) is 6.32. The van der Waals surface area contributed by atoms with Gasteiger partial charge in [0.15, 0.2) is 0 Å². The molecule has 0 bridgehead atoms. The monoisotopic (exact) mass is 352 g/mol.